The fourth-order valence-electron chi connectivity index (χ4n) is 2.33. The Hall–Kier alpha value is -0.795. The summed E-state index contributed by atoms with van der Waals surface area (Å²) in [6, 6.07) is 10.7. The van der Waals surface area contributed by atoms with Gasteiger partial charge >= 0.3 is 7.05 Å². The van der Waals surface area contributed by atoms with E-state index in [-0.39, 0.29) is 7.05 Å². The minimum Gasteiger partial charge on any atom is -0.437 e. The molecule has 0 radical (unpaired) electrons. The summed E-state index contributed by atoms with van der Waals surface area (Å²) in [5.74, 6) is 0.682. The first kappa shape index (κ1) is 14.3. The molecule has 0 amide bonds. The smallest absolute Gasteiger partial charge is 0.376 e. The maximum Gasteiger partial charge on any atom is 0.376 e. The van der Waals surface area contributed by atoms with E-state index in [4.69, 9.17) is 0 Å². The third-order valence-corrected chi connectivity index (χ3v) is 3.33. The molecule has 0 atom stereocenters. The lowest BCUT2D eigenvalue weighted by atomic mass is 9.79. The van der Waals surface area contributed by atoms with Gasteiger partial charge < -0.3 is 9.83 Å². The molecule has 2 nitrogen and oxygen atoms in total. The van der Waals surface area contributed by atoms with Crippen molar-refractivity contribution in [1.82, 2.24) is 4.81 Å². The SMILES string of the molecule is CB(O)N1CCC(c2ccccc2)CC1.CC. The molecule has 94 valence electrons. The van der Waals surface area contributed by atoms with Gasteiger partial charge in [0.25, 0.3) is 0 Å². The highest BCUT2D eigenvalue weighted by Gasteiger charge is 2.24. The van der Waals surface area contributed by atoms with Gasteiger partial charge in [0.2, 0.25) is 0 Å². The van der Waals surface area contributed by atoms with Gasteiger partial charge in [-0.25, -0.2) is 0 Å². The first-order chi connectivity index (χ1) is 8.27. The topological polar surface area (TPSA) is 23.5 Å². The molecule has 0 aliphatic carbocycles. The van der Waals surface area contributed by atoms with Gasteiger partial charge in [-0.15, -0.1) is 0 Å². The molecule has 1 aromatic rings. The number of rotatable bonds is 2. The average Bonchev–Trinajstić information content (AvgIpc) is 2.42. The minimum absolute atomic E-state index is 0.290. The number of piperidine rings is 1. The zero-order valence-corrected chi connectivity index (χ0v) is 11.3. The van der Waals surface area contributed by atoms with Crippen LogP contribution in [0, 0.1) is 0 Å². The fraction of sp³-hybridized carbons (Fsp3) is 0.571. The second-order valence-electron chi connectivity index (χ2n) is 4.35. The summed E-state index contributed by atoms with van der Waals surface area (Å²) in [7, 11) is -0.290. The van der Waals surface area contributed by atoms with Crippen molar-refractivity contribution in [3.8, 4) is 0 Å². The minimum atomic E-state index is -0.290. The molecule has 0 unspecified atom stereocenters. The molecule has 1 aromatic carbocycles. The van der Waals surface area contributed by atoms with E-state index in [2.05, 4.69) is 35.1 Å². The predicted octanol–water partition coefficient (Wildman–Crippen LogP) is 3.00. The summed E-state index contributed by atoms with van der Waals surface area (Å²) in [6.45, 7) is 7.87. The van der Waals surface area contributed by atoms with Crippen LogP contribution in [-0.4, -0.2) is 30.0 Å². The van der Waals surface area contributed by atoms with Gasteiger partial charge in [0, 0.05) is 0 Å². The molecule has 0 aromatic heterocycles. The van der Waals surface area contributed by atoms with E-state index < -0.39 is 0 Å². The molecule has 1 fully saturated rings. The summed E-state index contributed by atoms with van der Waals surface area (Å²) in [5, 5.41) is 9.46. The molecule has 1 saturated heterocycles. The monoisotopic (exact) mass is 233 g/mol. The number of hydrogen-bond acceptors (Lipinski definition) is 2. The van der Waals surface area contributed by atoms with E-state index in [0.29, 0.717) is 5.92 Å². The van der Waals surface area contributed by atoms with Crippen LogP contribution in [0.4, 0.5) is 0 Å². The Bertz CT molecular complexity index is 294. The molecule has 1 aliphatic rings. The van der Waals surface area contributed by atoms with Gasteiger partial charge in [0.05, 0.1) is 0 Å². The largest absolute Gasteiger partial charge is 0.437 e. The van der Waals surface area contributed by atoms with Crippen LogP contribution in [-0.2, 0) is 0 Å². The highest BCUT2D eigenvalue weighted by molar-refractivity contribution is 6.45. The number of nitrogens with zero attached hydrogens (tertiary/aromatic N) is 1. The van der Waals surface area contributed by atoms with Crippen molar-refractivity contribution in [2.75, 3.05) is 13.1 Å². The second-order valence-corrected chi connectivity index (χ2v) is 4.35. The highest BCUT2D eigenvalue weighted by Crippen LogP contribution is 2.27. The lowest BCUT2D eigenvalue weighted by Gasteiger charge is -2.32. The molecule has 17 heavy (non-hydrogen) atoms. The summed E-state index contributed by atoms with van der Waals surface area (Å²) >= 11 is 0. The normalized spacial score (nSPS) is 17.2. The maximum absolute atomic E-state index is 9.46. The van der Waals surface area contributed by atoms with Crippen molar-refractivity contribution >= 4 is 7.05 Å². The molecule has 1 aliphatic heterocycles. The quantitative estimate of drug-likeness (QED) is 0.793. The van der Waals surface area contributed by atoms with Crippen LogP contribution in [0.2, 0.25) is 6.82 Å². The third-order valence-electron chi connectivity index (χ3n) is 3.33. The van der Waals surface area contributed by atoms with E-state index in [1.807, 2.05) is 20.7 Å². The van der Waals surface area contributed by atoms with Gasteiger partial charge in [0.1, 0.15) is 0 Å². The van der Waals surface area contributed by atoms with Crippen LogP contribution in [0.15, 0.2) is 30.3 Å². The standard InChI is InChI=1S/C12H18BNO.C2H6/c1-13(15)14-9-7-12(8-10-14)11-5-3-2-4-6-11;1-2/h2-6,12,15H,7-10H2,1H3;1-2H3. The van der Waals surface area contributed by atoms with Gasteiger partial charge in [-0.2, -0.15) is 0 Å². The summed E-state index contributed by atoms with van der Waals surface area (Å²) in [5.41, 5.74) is 1.45. The second kappa shape index (κ2) is 7.52. The molecule has 2 rings (SSSR count). The van der Waals surface area contributed by atoms with Gasteiger partial charge in [-0.3, -0.25) is 0 Å². The van der Waals surface area contributed by atoms with Crippen molar-refractivity contribution in [2.24, 2.45) is 0 Å². The van der Waals surface area contributed by atoms with E-state index in [1.54, 1.807) is 0 Å². The summed E-state index contributed by atoms with van der Waals surface area (Å²) in [6.07, 6.45) is 2.32. The Balaban J connectivity index is 0.000000686. The number of hydrogen-bond donors (Lipinski definition) is 1. The Labute approximate surface area is 106 Å². The predicted molar refractivity (Wildman–Crippen MR) is 75.2 cm³/mol. The van der Waals surface area contributed by atoms with Crippen molar-refractivity contribution in [3.05, 3.63) is 35.9 Å². The van der Waals surface area contributed by atoms with Crippen molar-refractivity contribution in [2.45, 2.75) is 39.4 Å². The Morgan fingerprint density at radius 1 is 1.12 bits per heavy atom. The molecular formula is C14H24BNO. The van der Waals surface area contributed by atoms with E-state index in [0.717, 1.165) is 25.9 Å². The fourth-order valence-corrected chi connectivity index (χ4v) is 2.33. The highest BCUT2D eigenvalue weighted by atomic mass is 16.2. The molecule has 1 N–H and O–H groups in total. The van der Waals surface area contributed by atoms with Gasteiger partial charge in [-0.05, 0) is 44.2 Å². The average molecular weight is 233 g/mol. The van der Waals surface area contributed by atoms with Crippen LogP contribution in [0.25, 0.3) is 0 Å². The maximum atomic E-state index is 9.46. The lowest BCUT2D eigenvalue weighted by molar-refractivity contribution is 0.289. The first-order valence-corrected chi connectivity index (χ1v) is 6.74. The lowest BCUT2D eigenvalue weighted by Crippen LogP contribution is -2.42. The van der Waals surface area contributed by atoms with E-state index >= 15 is 0 Å². The van der Waals surface area contributed by atoms with E-state index in [9.17, 15) is 5.02 Å². The summed E-state index contributed by atoms with van der Waals surface area (Å²) < 4.78 is 0. The van der Waals surface area contributed by atoms with Gasteiger partial charge in [0.15, 0.2) is 0 Å². The zero-order chi connectivity index (χ0) is 12.7. The van der Waals surface area contributed by atoms with Crippen LogP contribution >= 0.6 is 0 Å². The van der Waals surface area contributed by atoms with E-state index in [1.165, 1.54) is 5.56 Å². The van der Waals surface area contributed by atoms with Crippen LogP contribution in [0.1, 0.15) is 38.2 Å². The Morgan fingerprint density at radius 3 is 2.12 bits per heavy atom. The zero-order valence-electron chi connectivity index (χ0n) is 11.3. The first-order valence-electron chi connectivity index (χ1n) is 6.74. The molecule has 0 spiro atoms. The van der Waals surface area contributed by atoms with Crippen molar-refractivity contribution in [1.29, 1.82) is 0 Å². The van der Waals surface area contributed by atoms with Gasteiger partial charge in [-0.1, -0.05) is 44.2 Å². The van der Waals surface area contributed by atoms with Crippen molar-refractivity contribution in [3.63, 3.8) is 0 Å². The molecule has 1 heterocycles. The molecule has 0 bridgehead atoms. The Morgan fingerprint density at radius 2 is 1.65 bits per heavy atom. The molecule has 0 saturated carbocycles. The van der Waals surface area contributed by atoms with Crippen molar-refractivity contribution < 1.29 is 5.02 Å². The molecular weight excluding hydrogens is 209 g/mol. The third kappa shape index (κ3) is 4.17. The Kier molecular flexibility index (Phi) is 6.31. The van der Waals surface area contributed by atoms with Crippen LogP contribution in [0.5, 0.6) is 0 Å². The molecule has 3 heteroatoms. The van der Waals surface area contributed by atoms with Crippen LogP contribution < -0.4 is 0 Å². The summed E-state index contributed by atoms with van der Waals surface area (Å²) in [4.78, 5) is 2.14. The van der Waals surface area contributed by atoms with Crippen LogP contribution in [0.3, 0.4) is 0 Å². The number of benzene rings is 1.